The molecular formula is C28H36N2O3S. The van der Waals surface area contributed by atoms with Crippen LogP contribution in [0.5, 0.6) is 0 Å². The Kier molecular flexibility index (Phi) is 7.43. The zero-order valence-electron chi connectivity index (χ0n) is 20.1. The first-order valence-corrected chi connectivity index (χ1v) is 13.8. The van der Waals surface area contributed by atoms with E-state index in [-0.39, 0.29) is 11.5 Å². The minimum atomic E-state index is -4.42. The quantitative estimate of drug-likeness (QED) is 0.346. The summed E-state index contributed by atoms with van der Waals surface area (Å²) in [4.78, 5) is 0. The molecule has 0 aromatic heterocycles. The molecule has 5 nitrogen and oxygen atoms in total. The molecule has 2 unspecified atom stereocenters. The fraction of sp³-hybridized carbons (Fsp3) is 0.429. The van der Waals surface area contributed by atoms with Gasteiger partial charge in [-0.05, 0) is 65.1 Å². The van der Waals surface area contributed by atoms with E-state index in [4.69, 9.17) is 5.73 Å². The number of nitrogens with one attached hydrogen (secondary N) is 1. The smallest absolute Gasteiger partial charge is 0.327 e. The molecule has 0 aliphatic heterocycles. The average molecular weight is 481 g/mol. The van der Waals surface area contributed by atoms with Crippen molar-refractivity contribution in [2.75, 3.05) is 0 Å². The number of aryl methyl sites for hydroxylation is 1. The van der Waals surface area contributed by atoms with Gasteiger partial charge in [0.05, 0.1) is 6.04 Å². The number of rotatable bonds is 9. The second-order valence-electron chi connectivity index (χ2n) is 9.71. The van der Waals surface area contributed by atoms with Crippen LogP contribution >= 0.6 is 0 Å². The number of hydrogen-bond acceptors (Lipinski definition) is 3. The molecule has 0 spiro atoms. The molecule has 0 saturated heterocycles. The molecule has 3 aromatic carbocycles. The molecule has 182 valence electrons. The van der Waals surface area contributed by atoms with E-state index in [0.29, 0.717) is 6.42 Å². The molecule has 0 fully saturated rings. The normalized spacial score (nSPS) is 18.5. The Morgan fingerprint density at radius 1 is 1.03 bits per heavy atom. The van der Waals surface area contributed by atoms with Crippen molar-refractivity contribution in [2.45, 2.75) is 76.3 Å². The van der Waals surface area contributed by atoms with E-state index in [1.165, 1.54) is 11.1 Å². The summed E-state index contributed by atoms with van der Waals surface area (Å²) in [6.07, 6.45) is 6.17. The van der Waals surface area contributed by atoms with Crippen molar-refractivity contribution in [1.82, 2.24) is 4.72 Å². The van der Waals surface area contributed by atoms with Crippen molar-refractivity contribution in [3.05, 3.63) is 82.9 Å². The zero-order valence-corrected chi connectivity index (χ0v) is 20.9. The molecule has 4 N–H and O–H groups in total. The molecule has 3 aromatic rings. The van der Waals surface area contributed by atoms with Gasteiger partial charge >= 0.3 is 10.3 Å². The third-order valence-electron chi connectivity index (χ3n) is 7.43. The van der Waals surface area contributed by atoms with Crippen LogP contribution in [-0.4, -0.2) is 19.0 Å². The lowest BCUT2D eigenvalue weighted by Gasteiger charge is -2.46. The zero-order chi connectivity index (χ0) is 24.3. The largest absolute Gasteiger partial charge is 0.333 e. The lowest BCUT2D eigenvalue weighted by Crippen LogP contribution is -2.50. The Morgan fingerprint density at radius 3 is 2.41 bits per heavy atom. The van der Waals surface area contributed by atoms with Gasteiger partial charge in [-0.15, -0.1) is 0 Å². The number of hydrogen-bond donors (Lipinski definition) is 3. The Hall–Kier alpha value is -2.25. The van der Waals surface area contributed by atoms with Crippen molar-refractivity contribution >= 4 is 21.1 Å². The summed E-state index contributed by atoms with van der Waals surface area (Å²) in [6.45, 7) is 4.37. The van der Waals surface area contributed by atoms with Crippen molar-refractivity contribution in [1.29, 1.82) is 0 Å². The van der Waals surface area contributed by atoms with Crippen LogP contribution in [0, 0.1) is 0 Å². The Labute approximate surface area is 203 Å². The van der Waals surface area contributed by atoms with Gasteiger partial charge in [-0.2, -0.15) is 13.1 Å². The standard InChI is InChI=1S/C28H36N2O3S/c1-3-16-28(17-4-2)26(29)15-14-22-10-7-11-24(27(22)28)25(30-34(31,32)33)19-20-12-13-21-8-5-6-9-23(21)18-20/h5-13,18,25-26,30H,3-4,14-17,19,29H2,1-2H3,(H,31,32,33). The first-order valence-electron chi connectivity index (χ1n) is 12.4. The summed E-state index contributed by atoms with van der Waals surface area (Å²) < 4.78 is 36.5. The average Bonchev–Trinajstić information content (AvgIpc) is 2.80. The highest BCUT2D eigenvalue weighted by atomic mass is 32.2. The third kappa shape index (κ3) is 5.05. The van der Waals surface area contributed by atoms with Crippen LogP contribution in [0.2, 0.25) is 0 Å². The van der Waals surface area contributed by atoms with Crippen LogP contribution in [0.4, 0.5) is 0 Å². The van der Waals surface area contributed by atoms with Crippen LogP contribution in [-0.2, 0) is 28.6 Å². The summed E-state index contributed by atoms with van der Waals surface area (Å²) >= 11 is 0. The molecule has 34 heavy (non-hydrogen) atoms. The predicted octanol–water partition coefficient (Wildman–Crippen LogP) is 5.63. The van der Waals surface area contributed by atoms with Gasteiger partial charge in [-0.25, -0.2) is 0 Å². The van der Waals surface area contributed by atoms with Gasteiger partial charge < -0.3 is 5.73 Å². The maximum Gasteiger partial charge on any atom is 0.333 e. The van der Waals surface area contributed by atoms with Gasteiger partial charge in [-0.1, -0.05) is 87.4 Å². The van der Waals surface area contributed by atoms with E-state index in [0.717, 1.165) is 60.4 Å². The molecule has 0 amide bonds. The Morgan fingerprint density at radius 2 is 1.74 bits per heavy atom. The summed E-state index contributed by atoms with van der Waals surface area (Å²) in [5, 5.41) is 2.24. The number of benzene rings is 3. The molecule has 1 aliphatic rings. The summed E-state index contributed by atoms with van der Waals surface area (Å²) in [5.74, 6) is 0. The lowest BCUT2D eigenvalue weighted by atomic mass is 9.60. The first-order chi connectivity index (χ1) is 16.3. The monoisotopic (exact) mass is 480 g/mol. The maximum atomic E-state index is 12.1. The van der Waals surface area contributed by atoms with E-state index in [1.807, 2.05) is 30.3 Å². The van der Waals surface area contributed by atoms with Gasteiger partial charge in [0.2, 0.25) is 0 Å². The SMILES string of the molecule is CCCC1(CCC)c2c(cccc2C(Cc2ccc3ccccc3c2)NS(=O)(=O)O)CCC1N. The third-order valence-corrected chi connectivity index (χ3v) is 8.01. The summed E-state index contributed by atoms with van der Waals surface area (Å²) in [7, 11) is -4.42. The predicted molar refractivity (Wildman–Crippen MR) is 139 cm³/mol. The lowest BCUT2D eigenvalue weighted by molar-refractivity contribution is 0.257. The molecule has 0 heterocycles. The van der Waals surface area contributed by atoms with E-state index < -0.39 is 16.3 Å². The second-order valence-corrected chi connectivity index (χ2v) is 10.9. The highest BCUT2D eigenvalue weighted by Crippen LogP contribution is 2.47. The van der Waals surface area contributed by atoms with Gasteiger partial charge in [0, 0.05) is 11.5 Å². The molecule has 0 saturated carbocycles. The van der Waals surface area contributed by atoms with Crippen molar-refractivity contribution in [3.63, 3.8) is 0 Å². The summed E-state index contributed by atoms with van der Waals surface area (Å²) in [5.41, 5.74) is 11.0. The maximum absolute atomic E-state index is 12.1. The molecule has 4 rings (SSSR count). The van der Waals surface area contributed by atoms with Gasteiger partial charge in [0.1, 0.15) is 0 Å². The second kappa shape index (κ2) is 10.2. The molecule has 1 aliphatic carbocycles. The van der Waals surface area contributed by atoms with Crippen LogP contribution in [0.25, 0.3) is 10.8 Å². The fourth-order valence-electron chi connectivity index (χ4n) is 6.13. The van der Waals surface area contributed by atoms with Crippen LogP contribution in [0.1, 0.15) is 74.2 Å². The number of fused-ring (bicyclic) bond motifs is 2. The van der Waals surface area contributed by atoms with E-state index in [1.54, 1.807) is 0 Å². The van der Waals surface area contributed by atoms with Crippen molar-refractivity contribution < 1.29 is 13.0 Å². The van der Waals surface area contributed by atoms with Crippen molar-refractivity contribution in [2.24, 2.45) is 5.73 Å². The van der Waals surface area contributed by atoms with Crippen LogP contribution in [0.15, 0.2) is 60.7 Å². The molecule has 0 bridgehead atoms. The van der Waals surface area contributed by atoms with E-state index in [9.17, 15) is 13.0 Å². The molecule has 0 radical (unpaired) electrons. The topological polar surface area (TPSA) is 92.4 Å². The fourth-order valence-corrected chi connectivity index (χ4v) is 6.70. The first kappa shape index (κ1) is 24.9. The highest BCUT2D eigenvalue weighted by Gasteiger charge is 2.43. The van der Waals surface area contributed by atoms with Crippen LogP contribution in [0.3, 0.4) is 0 Å². The van der Waals surface area contributed by atoms with Crippen molar-refractivity contribution in [3.8, 4) is 0 Å². The van der Waals surface area contributed by atoms with E-state index >= 15 is 0 Å². The Bertz CT molecular complexity index is 1250. The summed E-state index contributed by atoms with van der Waals surface area (Å²) in [6, 6.07) is 19.9. The van der Waals surface area contributed by atoms with E-state index in [2.05, 4.69) is 48.9 Å². The number of nitrogens with two attached hydrogens (primary N) is 1. The molecular weight excluding hydrogens is 444 g/mol. The minimum absolute atomic E-state index is 0.0214. The highest BCUT2D eigenvalue weighted by molar-refractivity contribution is 7.83. The Balaban J connectivity index is 1.85. The van der Waals surface area contributed by atoms with Gasteiger partial charge in [0.15, 0.2) is 0 Å². The minimum Gasteiger partial charge on any atom is -0.327 e. The van der Waals surface area contributed by atoms with Gasteiger partial charge in [0.25, 0.3) is 0 Å². The molecule has 6 heteroatoms. The van der Waals surface area contributed by atoms with Gasteiger partial charge in [-0.3, -0.25) is 4.55 Å². The van der Waals surface area contributed by atoms with Crippen LogP contribution < -0.4 is 10.5 Å². The molecule has 2 atom stereocenters.